The number of hydrogen-bond acceptors (Lipinski definition) is 3. The van der Waals surface area contributed by atoms with Gasteiger partial charge in [0.1, 0.15) is 6.23 Å². The number of carbonyl (C=O) groups excluding carboxylic acids is 1. The van der Waals surface area contributed by atoms with Gasteiger partial charge in [-0.2, -0.15) is 0 Å². The Kier molecular flexibility index (Phi) is 6.00. The molecule has 6 heteroatoms. The monoisotopic (exact) mass is 287 g/mol. The standard InChI is InChI=1S/C13H25N3O2S/c1-13(2,3)18-11(15-8-17)9-4-6-10(7-5-9)16-12(14)19/h8-11H,4-7H2,1-3H3,(H,15,17)(H3,14,16,19). The SMILES string of the molecule is CC(C)(C)OC(NC=O)C1CCC(NC(N)=S)CC1. The van der Waals surface area contributed by atoms with Crippen molar-refractivity contribution in [3.8, 4) is 0 Å². The molecule has 4 N–H and O–H groups in total. The Balaban J connectivity index is 2.49. The molecule has 1 rings (SSSR count). The Labute approximate surface area is 120 Å². The Morgan fingerprint density at radius 3 is 2.37 bits per heavy atom. The third-order valence-electron chi connectivity index (χ3n) is 3.26. The molecule has 0 aromatic carbocycles. The molecule has 1 aliphatic rings. The molecular formula is C13H25N3O2S. The number of thiocarbonyl (C=S) groups is 1. The van der Waals surface area contributed by atoms with Crippen LogP contribution in [0.2, 0.25) is 0 Å². The van der Waals surface area contributed by atoms with E-state index in [1.165, 1.54) is 0 Å². The summed E-state index contributed by atoms with van der Waals surface area (Å²) in [5, 5.41) is 6.25. The zero-order chi connectivity index (χ0) is 14.5. The molecule has 0 bridgehead atoms. The highest BCUT2D eigenvalue weighted by molar-refractivity contribution is 7.80. The summed E-state index contributed by atoms with van der Waals surface area (Å²) in [5.41, 5.74) is 5.22. The van der Waals surface area contributed by atoms with Gasteiger partial charge in [-0.1, -0.05) is 0 Å². The Bertz CT molecular complexity index is 310. The van der Waals surface area contributed by atoms with Crippen LogP contribution >= 0.6 is 12.2 Å². The van der Waals surface area contributed by atoms with Gasteiger partial charge in [-0.15, -0.1) is 0 Å². The highest BCUT2D eigenvalue weighted by atomic mass is 32.1. The van der Waals surface area contributed by atoms with E-state index in [0.29, 0.717) is 17.1 Å². The molecule has 0 heterocycles. The summed E-state index contributed by atoms with van der Waals surface area (Å²) in [7, 11) is 0. The van der Waals surface area contributed by atoms with Crippen LogP contribution in [0.4, 0.5) is 0 Å². The molecule has 0 saturated heterocycles. The van der Waals surface area contributed by atoms with Crippen LogP contribution in [0.25, 0.3) is 0 Å². The minimum atomic E-state index is -0.269. The minimum Gasteiger partial charge on any atom is -0.376 e. The fourth-order valence-electron chi connectivity index (χ4n) is 2.48. The van der Waals surface area contributed by atoms with Gasteiger partial charge in [0.25, 0.3) is 0 Å². The number of ether oxygens (including phenoxy) is 1. The maximum Gasteiger partial charge on any atom is 0.209 e. The summed E-state index contributed by atoms with van der Waals surface area (Å²) in [4.78, 5) is 10.7. The molecule has 0 aromatic rings. The summed E-state index contributed by atoms with van der Waals surface area (Å²) >= 11 is 4.85. The third-order valence-corrected chi connectivity index (χ3v) is 3.38. The number of nitrogens with two attached hydrogens (primary N) is 1. The highest BCUT2D eigenvalue weighted by Crippen LogP contribution is 2.29. The average Bonchev–Trinajstić information content (AvgIpc) is 2.27. The number of amides is 1. The fourth-order valence-corrected chi connectivity index (χ4v) is 2.65. The molecule has 1 unspecified atom stereocenters. The molecule has 1 atom stereocenters. The zero-order valence-electron chi connectivity index (χ0n) is 11.9. The summed E-state index contributed by atoms with van der Waals surface area (Å²) in [6, 6.07) is 0.347. The zero-order valence-corrected chi connectivity index (χ0v) is 12.8. The second-order valence-electron chi connectivity index (χ2n) is 6.06. The summed E-state index contributed by atoms with van der Waals surface area (Å²) in [6.07, 6.45) is 4.46. The van der Waals surface area contributed by atoms with Crippen LogP contribution in [0.3, 0.4) is 0 Å². The molecule has 0 spiro atoms. The van der Waals surface area contributed by atoms with Crippen molar-refractivity contribution in [2.45, 2.75) is 64.3 Å². The van der Waals surface area contributed by atoms with Crippen LogP contribution in [0.5, 0.6) is 0 Å². The van der Waals surface area contributed by atoms with Gasteiger partial charge in [-0.25, -0.2) is 0 Å². The fraction of sp³-hybridized carbons (Fsp3) is 0.846. The maximum atomic E-state index is 10.7. The van der Waals surface area contributed by atoms with Crippen LogP contribution in [-0.2, 0) is 9.53 Å². The number of carbonyl (C=O) groups is 1. The number of hydrogen-bond donors (Lipinski definition) is 3. The van der Waals surface area contributed by atoms with Crippen molar-refractivity contribution in [1.29, 1.82) is 0 Å². The first-order valence-corrected chi connectivity index (χ1v) is 7.16. The van der Waals surface area contributed by atoms with E-state index in [9.17, 15) is 4.79 Å². The average molecular weight is 287 g/mol. The van der Waals surface area contributed by atoms with E-state index in [0.717, 1.165) is 32.1 Å². The summed E-state index contributed by atoms with van der Waals surface area (Å²) in [5.74, 6) is 0.342. The molecule has 0 aliphatic heterocycles. The number of nitrogens with one attached hydrogen (secondary N) is 2. The quantitative estimate of drug-likeness (QED) is 0.403. The minimum absolute atomic E-state index is 0.219. The topological polar surface area (TPSA) is 76.4 Å². The van der Waals surface area contributed by atoms with Crippen molar-refractivity contribution in [1.82, 2.24) is 10.6 Å². The van der Waals surface area contributed by atoms with E-state index < -0.39 is 0 Å². The third kappa shape index (κ3) is 6.20. The van der Waals surface area contributed by atoms with Gasteiger partial charge in [0.2, 0.25) is 6.41 Å². The van der Waals surface area contributed by atoms with Gasteiger partial charge >= 0.3 is 0 Å². The van der Waals surface area contributed by atoms with Gasteiger partial charge < -0.3 is 21.1 Å². The van der Waals surface area contributed by atoms with Crippen molar-refractivity contribution < 1.29 is 9.53 Å². The van der Waals surface area contributed by atoms with Gasteiger partial charge in [0, 0.05) is 12.0 Å². The van der Waals surface area contributed by atoms with Crippen LogP contribution < -0.4 is 16.4 Å². The Hall–Kier alpha value is -0.880. The van der Waals surface area contributed by atoms with Gasteiger partial charge in [0.15, 0.2) is 5.11 Å². The van der Waals surface area contributed by atoms with Gasteiger partial charge in [0.05, 0.1) is 5.60 Å². The summed E-state index contributed by atoms with van der Waals surface area (Å²) < 4.78 is 5.92. The molecule has 0 aromatic heterocycles. The van der Waals surface area contributed by atoms with E-state index in [4.69, 9.17) is 22.7 Å². The largest absolute Gasteiger partial charge is 0.376 e. The Morgan fingerprint density at radius 2 is 1.95 bits per heavy atom. The van der Waals surface area contributed by atoms with Crippen molar-refractivity contribution in [2.75, 3.05) is 0 Å². The molecule has 110 valence electrons. The molecule has 1 aliphatic carbocycles. The van der Waals surface area contributed by atoms with Crippen LogP contribution in [0.1, 0.15) is 46.5 Å². The first-order chi connectivity index (χ1) is 8.81. The van der Waals surface area contributed by atoms with Crippen LogP contribution in [-0.4, -0.2) is 29.4 Å². The second-order valence-corrected chi connectivity index (χ2v) is 6.50. The predicted molar refractivity (Wildman–Crippen MR) is 79.5 cm³/mol. The van der Waals surface area contributed by atoms with E-state index in [2.05, 4.69) is 10.6 Å². The summed E-state index contributed by atoms with van der Waals surface area (Å²) in [6.45, 7) is 5.98. The first kappa shape index (κ1) is 16.2. The Morgan fingerprint density at radius 1 is 1.37 bits per heavy atom. The highest BCUT2D eigenvalue weighted by Gasteiger charge is 2.30. The molecule has 0 radical (unpaired) electrons. The van der Waals surface area contributed by atoms with Crippen molar-refractivity contribution in [3.63, 3.8) is 0 Å². The van der Waals surface area contributed by atoms with E-state index >= 15 is 0 Å². The molecular weight excluding hydrogens is 262 g/mol. The van der Waals surface area contributed by atoms with Crippen LogP contribution in [0, 0.1) is 5.92 Å². The lowest BCUT2D eigenvalue weighted by molar-refractivity contribution is -0.128. The van der Waals surface area contributed by atoms with Crippen molar-refractivity contribution >= 4 is 23.7 Å². The molecule has 19 heavy (non-hydrogen) atoms. The normalized spacial score (nSPS) is 25.4. The lowest BCUT2D eigenvalue weighted by Crippen LogP contribution is -2.47. The second kappa shape index (κ2) is 7.05. The number of rotatable bonds is 5. The van der Waals surface area contributed by atoms with E-state index in [1.54, 1.807) is 0 Å². The van der Waals surface area contributed by atoms with Crippen molar-refractivity contribution in [2.24, 2.45) is 11.7 Å². The first-order valence-electron chi connectivity index (χ1n) is 6.75. The van der Waals surface area contributed by atoms with Crippen LogP contribution in [0.15, 0.2) is 0 Å². The molecule has 5 nitrogen and oxygen atoms in total. The van der Waals surface area contributed by atoms with E-state index in [-0.39, 0.29) is 11.8 Å². The maximum absolute atomic E-state index is 10.7. The molecule has 1 amide bonds. The molecule has 1 fully saturated rings. The smallest absolute Gasteiger partial charge is 0.209 e. The predicted octanol–water partition coefficient (Wildman–Crippen LogP) is 1.27. The van der Waals surface area contributed by atoms with Crippen molar-refractivity contribution in [3.05, 3.63) is 0 Å². The van der Waals surface area contributed by atoms with Gasteiger partial charge in [-0.05, 0) is 58.7 Å². The molecule has 1 saturated carbocycles. The lowest BCUT2D eigenvalue weighted by atomic mass is 9.84. The van der Waals surface area contributed by atoms with E-state index in [1.807, 2.05) is 20.8 Å². The lowest BCUT2D eigenvalue weighted by Gasteiger charge is -2.37. The van der Waals surface area contributed by atoms with Gasteiger partial charge in [-0.3, -0.25) is 4.79 Å².